The first-order valence-corrected chi connectivity index (χ1v) is 8.64. The molecule has 0 bridgehead atoms. The molecule has 1 fully saturated rings. The van der Waals surface area contributed by atoms with Gasteiger partial charge in [-0.05, 0) is 17.7 Å². The van der Waals surface area contributed by atoms with Gasteiger partial charge >= 0.3 is 0 Å². The third kappa shape index (κ3) is 3.12. The molecule has 2 aliphatic rings. The van der Waals surface area contributed by atoms with Gasteiger partial charge in [0, 0.05) is 38.9 Å². The molecule has 4 rings (SSSR count). The van der Waals surface area contributed by atoms with E-state index in [1.54, 1.807) is 12.1 Å². The molecule has 1 N–H and O–H groups in total. The quantitative estimate of drug-likeness (QED) is 0.668. The Morgan fingerprint density at radius 2 is 1.84 bits per heavy atom. The number of benzene rings is 2. The van der Waals surface area contributed by atoms with Gasteiger partial charge in [-0.2, -0.15) is 0 Å². The number of rotatable bonds is 2. The Bertz CT molecular complexity index is 784. The lowest BCUT2D eigenvalue weighted by atomic mass is 9.82. The van der Waals surface area contributed by atoms with Crippen molar-refractivity contribution in [3.05, 3.63) is 65.5 Å². The molecule has 0 atom stereocenters. The van der Waals surface area contributed by atoms with Crippen LogP contribution in [0.4, 0.5) is 4.39 Å². The van der Waals surface area contributed by atoms with Gasteiger partial charge in [0.2, 0.25) is 0 Å². The zero-order valence-corrected chi connectivity index (χ0v) is 14.0. The number of likely N-dealkylation sites (tertiary alicyclic amines) is 1. The van der Waals surface area contributed by atoms with E-state index in [4.69, 9.17) is 4.74 Å². The second-order valence-corrected chi connectivity index (χ2v) is 6.88. The van der Waals surface area contributed by atoms with Crippen molar-refractivity contribution in [3.8, 4) is 5.75 Å². The van der Waals surface area contributed by atoms with Gasteiger partial charge in [0.1, 0.15) is 17.2 Å². The maximum atomic E-state index is 14.1. The van der Waals surface area contributed by atoms with Crippen molar-refractivity contribution in [2.45, 2.75) is 31.4 Å². The lowest BCUT2D eigenvalue weighted by Gasteiger charge is -2.44. The Labute approximate surface area is 146 Å². The third-order valence-electron chi connectivity index (χ3n) is 5.22. The molecule has 130 valence electrons. The molecule has 0 unspecified atom stereocenters. The van der Waals surface area contributed by atoms with Crippen LogP contribution in [-0.2, 0) is 6.54 Å². The van der Waals surface area contributed by atoms with E-state index in [0.717, 1.165) is 32.5 Å². The zero-order chi connectivity index (χ0) is 17.3. The molecule has 0 aromatic heterocycles. The van der Waals surface area contributed by atoms with Crippen LogP contribution in [0.15, 0.2) is 53.7 Å². The number of hydrogen-bond acceptors (Lipinski definition) is 4. The van der Waals surface area contributed by atoms with Crippen LogP contribution in [0, 0.1) is 5.82 Å². The fraction of sp³-hybridized carbons (Fsp3) is 0.350. The monoisotopic (exact) mass is 340 g/mol. The van der Waals surface area contributed by atoms with Crippen LogP contribution in [0.25, 0.3) is 0 Å². The van der Waals surface area contributed by atoms with Gasteiger partial charge < -0.3 is 9.94 Å². The average Bonchev–Trinajstić information content (AvgIpc) is 2.64. The minimum Gasteiger partial charge on any atom is -0.486 e. The summed E-state index contributed by atoms with van der Waals surface area (Å²) < 4.78 is 20.3. The minimum atomic E-state index is -0.407. The normalized spacial score (nSPS) is 21.1. The van der Waals surface area contributed by atoms with Gasteiger partial charge in [0.05, 0.1) is 11.3 Å². The lowest BCUT2D eigenvalue weighted by Crippen LogP contribution is -2.51. The molecule has 5 heteroatoms. The second-order valence-electron chi connectivity index (χ2n) is 6.88. The van der Waals surface area contributed by atoms with E-state index in [1.807, 2.05) is 6.07 Å². The van der Waals surface area contributed by atoms with Crippen molar-refractivity contribution < 1.29 is 14.3 Å². The summed E-state index contributed by atoms with van der Waals surface area (Å²) in [6.45, 7) is 2.72. The summed E-state index contributed by atoms with van der Waals surface area (Å²) in [5, 5.41) is 12.7. The number of hydrogen-bond donors (Lipinski definition) is 1. The van der Waals surface area contributed by atoms with E-state index in [-0.39, 0.29) is 0 Å². The largest absolute Gasteiger partial charge is 0.486 e. The highest BCUT2D eigenvalue weighted by Crippen LogP contribution is 2.40. The van der Waals surface area contributed by atoms with Crippen molar-refractivity contribution in [2.24, 2.45) is 5.16 Å². The first-order valence-electron chi connectivity index (χ1n) is 8.64. The van der Waals surface area contributed by atoms with Crippen molar-refractivity contribution >= 4 is 5.71 Å². The van der Waals surface area contributed by atoms with Crippen LogP contribution in [-0.4, -0.2) is 34.5 Å². The van der Waals surface area contributed by atoms with Crippen molar-refractivity contribution in [1.82, 2.24) is 4.90 Å². The number of fused-ring (bicyclic) bond motifs is 1. The number of nitrogens with zero attached hydrogens (tertiary/aromatic N) is 2. The van der Waals surface area contributed by atoms with Crippen LogP contribution in [0.3, 0.4) is 0 Å². The number of oxime groups is 1. The maximum Gasteiger partial charge on any atom is 0.136 e. The van der Waals surface area contributed by atoms with E-state index in [9.17, 15) is 9.60 Å². The van der Waals surface area contributed by atoms with Crippen molar-refractivity contribution in [2.75, 3.05) is 13.1 Å². The Morgan fingerprint density at radius 1 is 1.08 bits per heavy atom. The molecule has 0 radical (unpaired) electrons. The SMILES string of the molecule is ON=C1CC2(CCN(Cc3ccccc3)CC2)Oc2cccc(F)c21. The second kappa shape index (κ2) is 6.48. The first-order chi connectivity index (χ1) is 12.2. The maximum absolute atomic E-state index is 14.1. The average molecular weight is 340 g/mol. The van der Waals surface area contributed by atoms with Gasteiger partial charge in [-0.15, -0.1) is 0 Å². The van der Waals surface area contributed by atoms with E-state index in [1.165, 1.54) is 11.6 Å². The molecule has 2 heterocycles. The summed E-state index contributed by atoms with van der Waals surface area (Å²) in [7, 11) is 0. The van der Waals surface area contributed by atoms with Crippen LogP contribution >= 0.6 is 0 Å². The Balaban J connectivity index is 1.50. The summed E-state index contributed by atoms with van der Waals surface area (Å²) in [6.07, 6.45) is 2.10. The molecule has 1 spiro atoms. The highest BCUT2D eigenvalue weighted by atomic mass is 19.1. The van der Waals surface area contributed by atoms with Crippen LogP contribution in [0.2, 0.25) is 0 Å². The Morgan fingerprint density at radius 3 is 2.56 bits per heavy atom. The molecule has 25 heavy (non-hydrogen) atoms. The van der Waals surface area contributed by atoms with Gasteiger partial charge in [0.25, 0.3) is 0 Å². The van der Waals surface area contributed by atoms with Gasteiger partial charge in [-0.1, -0.05) is 41.6 Å². The predicted molar refractivity (Wildman–Crippen MR) is 93.7 cm³/mol. The number of ether oxygens (including phenoxy) is 1. The van der Waals surface area contributed by atoms with Crippen LogP contribution in [0.1, 0.15) is 30.4 Å². The standard InChI is InChI=1S/C20H21FN2O2/c21-16-7-4-8-18-19(16)17(22-24)13-20(25-18)9-11-23(12-10-20)14-15-5-2-1-3-6-15/h1-8,24H,9-14H2. The molecule has 2 aliphatic heterocycles. The molecule has 2 aromatic rings. The summed E-state index contributed by atoms with van der Waals surface area (Å²) in [5.74, 6) is 0.0808. The summed E-state index contributed by atoms with van der Waals surface area (Å²) in [6, 6.07) is 15.2. The van der Waals surface area contributed by atoms with Crippen molar-refractivity contribution in [1.29, 1.82) is 0 Å². The van der Waals surface area contributed by atoms with E-state index >= 15 is 0 Å². The molecule has 1 saturated heterocycles. The van der Waals surface area contributed by atoms with Crippen LogP contribution in [0.5, 0.6) is 5.75 Å². The van der Waals surface area contributed by atoms with E-state index in [2.05, 4.69) is 34.3 Å². The summed E-state index contributed by atoms with van der Waals surface area (Å²) in [4.78, 5) is 2.40. The minimum absolute atomic E-state index is 0.294. The zero-order valence-electron chi connectivity index (χ0n) is 14.0. The molecular weight excluding hydrogens is 319 g/mol. The summed E-state index contributed by atoms with van der Waals surface area (Å²) in [5.41, 5.74) is 1.57. The van der Waals surface area contributed by atoms with Crippen LogP contribution < -0.4 is 4.74 Å². The van der Waals surface area contributed by atoms with Gasteiger partial charge in [-0.3, -0.25) is 4.90 Å². The van der Waals surface area contributed by atoms with Crippen molar-refractivity contribution in [3.63, 3.8) is 0 Å². The molecule has 0 aliphatic carbocycles. The Kier molecular flexibility index (Phi) is 4.17. The molecular formula is C20H21FN2O2. The first kappa shape index (κ1) is 16.1. The molecule has 0 saturated carbocycles. The molecule has 0 amide bonds. The highest BCUT2D eigenvalue weighted by Gasteiger charge is 2.43. The smallest absolute Gasteiger partial charge is 0.136 e. The lowest BCUT2D eigenvalue weighted by molar-refractivity contribution is 0.0000569. The predicted octanol–water partition coefficient (Wildman–Crippen LogP) is 3.82. The fourth-order valence-corrected chi connectivity index (χ4v) is 3.86. The highest BCUT2D eigenvalue weighted by molar-refractivity contribution is 6.04. The van der Waals surface area contributed by atoms with Gasteiger partial charge in [0.15, 0.2) is 0 Å². The number of piperidine rings is 1. The topological polar surface area (TPSA) is 45.1 Å². The Hall–Kier alpha value is -2.40. The molecule has 2 aromatic carbocycles. The molecule has 4 nitrogen and oxygen atoms in total. The van der Waals surface area contributed by atoms with Gasteiger partial charge in [-0.25, -0.2) is 4.39 Å². The van der Waals surface area contributed by atoms with E-state index < -0.39 is 11.4 Å². The fourth-order valence-electron chi connectivity index (χ4n) is 3.86. The number of halogens is 1. The third-order valence-corrected chi connectivity index (χ3v) is 5.22. The van der Waals surface area contributed by atoms with E-state index in [0.29, 0.717) is 23.4 Å². The summed E-state index contributed by atoms with van der Waals surface area (Å²) >= 11 is 0.